The second-order valence-corrected chi connectivity index (χ2v) is 7.23. The van der Waals surface area contributed by atoms with Gasteiger partial charge in [-0.15, -0.1) is 11.6 Å². The summed E-state index contributed by atoms with van der Waals surface area (Å²) in [5.74, 6) is 0.697. The maximum absolute atomic E-state index is 12.3. The molecule has 19 heavy (non-hydrogen) atoms. The van der Waals surface area contributed by atoms with E-state index < -0.39 is 10.0 Å². The van der Waals surface area contributed by atoms with Gasteiger partial charge in [0.1, 0.15) is 0 Å². The Morgan fingerprint density at radius 1 is 1.32 bits per heavy atom. The van der Waals surface area contributed by atoms with Crippen LogP contribution >= 0.6 is 11.6 Å². The summed E-state index contributed by atoms with van der Waals surface area (Å²) in [5, 5.41) is 0. The molecule has 0 N–H and O–H groups in total. The predicted molar refractivity (Wildman–Crippen MR) is 76.5 cm³/mol. The Labute approximate surface area is 119 Å². The smallest absolute Gasteiger partial charge is 0.214 e. The van der Waals surface area contributed by atoms with Crippen LogP contribution in [0.15, 0.2) is 24.4 Å². The standard InChI is InChI=1S/C13H19ClN2O2S/c14-8-2-4-10-19(17,18)16(13-6-7-13)11-12-5-1-3-9-15-12/h1,3,5,9,13H,2,4,6-8,10-11H2. The third-order valence-electron chi connectivity index (χ3n) is 3.14. The van der Waals surface area contributed by atoms with E-state index in [-0.39, 0.29) is 11.8 Å². The Hall–Kier alpha value is -0.650. The lowest BCUT2D eigenvalue weighted by Crippen LogP contribution is -2.34. The van der Waals surface area contributed by atoms with E-state index >= 15 is 0 Å². The molecule has 0 aliphatic heterocycles. The maximum Gasteiger partial charge on any atom is 0.214 e. The van der Waals surface area contributed by atoms with Crippen LogP contribution in [0.3, 0.4) is 0 Å². The maximum atomic E-state index is 12.3. The van der Waals surface area contributed by atoms with Crippen molar-refractivity contribution in [3.05, 3.63) is 30.1 Å². The van der Waals surface area contributed by atoms with E-state index in [0.717, 1.165) is 25.0 Å². The van der Waals surface area contributed by atoms with Crippen molar-refractivity contribution in [1.82, 2.24) is 9.29 Å². The van der Waals surface area contributed by atoms with E-state index in [1.165, 1.54) is 0 Å². The minimum atomic E-state index is -3.19. The van der Waals surface area contributed by atoms with E-state index in [2.05, 4.69) is 4.98 Å². The van der Waals surface area contributed by atoms with Crippen LogP contribution in [-0.2, 0) is 16.6 Å². The van der Waals surface area contributed by atoms with E-state index in [4.69, 9.17) is 11.6 Å². The summed E-state index contributed by atoms with van der Waals surface area (Å²) in [7, 11) is -3.19. The van der Waals surface area contributed by atoms with Gasteiger partial charge in [0.2, 0.25) is 10.0 Å². The molecule has 1 fully saturated rings. The molecule has 106 valence electrons. The van der Waals surface area contributed by atoms with Crippen molar-refractivity contribution in [3.63, 3.8) is 0 Å². The van der Waals surface area contributed by atoms with E-state index in [1.54, 1.807) is 10.5 Å². The molecule has 0 spiro atoms. The Morgan fingerprint density at radius 2 is 2.11 bits per heavy atom. The molecule has 1 heterocycles. The van der Waals surface area contributed by atoms with Crippen LogP contribution in [0.5, 0.6) is 0 Å². The van der Waals surface area contributed by atoms with Crippen molar-refractivity contribution in [2.45, 2.75) is 38.3 Å². The fraction of sp³-hybridized carbons (Fsp3) is 0.615. The summed E-state index contributed by atoms with van der Waals surface area (Å²) >= 11 is 5.60. The molecule has 0 aromatic carbocycles. The highest BCUT2D eigenvalue weighted by molar-refractivity contribution is 7.89. The molecule has 6 heteroatoms. The lowest BCUT2D eigenvalue weighted by Gasteiger charge is -2.21. The summed E-state index contributed by atoms with van der Waals surface area (Å²) in [6.45, 7) is 0.384. The SMILES string of the molecule is O=S(=O)(CCCCCl)N(Cc1ccccn1)C1CC1. The first kappa shape index (κ1) is 14.8. The number of nitrogens with zero attached hydrogens (tertiary/aromatic N) is 2. The molecule has 4 nitrogen and oxygen atoms in total. The van der Waals surface area contributed by atoms with E-state index in [1.807, 2.05) is 18.2 Å². The van der Waals surface area contributed by atoms with Gasteiger partial charge in [0.05, 0.1) is 18.0 Å². The van der Waals surface area contributed by atoms with Gasteiger partial charge >= 0.3 is 0 Å². The number of aromatic nitrogens is 1. The number of rotatable bonds is 8. The highest BCUT2D eigenvalue weighted by atomic mass is 35.5. The number of hydrogen-bond acceptors (Lipinski definition) is 3. The van der Waals surface area contributed by atoms with Crippen molar-refractivity contribution in [2.75, 3.05) is 11.6 Å². The molecular formula is C13H19ClN2O2S. The average Bonchev–Trinajstić information content (AvgIpc) is 3.21. The average molecular weight is 303 g/mol. The van der Waals surface area contributed by atoms with Gasteiger partial charge in [-0.05, 0) is 37.8 Å². The van der Waals surface area contributed by atoms with Crippen molar-refractivity contribution in [3.8, 4) is 0 Å². The molecule has 1 saturated carbocycles. The van der Waals surface area contributed by atoms with Crippen LogP contribution in [-0.4, -0.2) is 35.4 Å². The van der Waals surface area contributed by atoms with Crippen molar-refractivity contribution in [2.24, 2.45) is 0 Å². The third kappa shape index (κ3) is 4.44. The minimum absolute atomic E-state index is 0.169. The van der Waals surface area contributed by atoms with Crippen LogP contribution in [0.25, 0.3) is 0 Å². The topological polar surface area (TPSA) is 50.3 Å². The molecular weight excluding hydrogens is 284 g/mol. The number of alkyl halides is 1. The first-order valence-corrected chi connectivity index (χ1v) is 8.73. The summed E-state index contributed by atoms with van der Waals surface area (Å²) in [6.07, 6.45) is 4.98. The van der Waals surface area contributed by atoms with Crippen molar-refractivity contribution >= 4 is 21.6 Å². The number of pyridine rings is 1. The van der Waals surface area contributed by atoms with Gasteiger partial charge < -0.3 is 0 Å². The summed E-state index contributed by atoms with van der Waals surface area (Å²) < 4.78 is 26.3. The number of halogens is 1. The lowest BCUT2D eigenvalue weighted by molar-refractivity contribution is 0.393. The van der Waals surface area contributed by atoms with Crippen molar-refractivity contribution < 1.29 is 8.42 Å². The molecule has 2 rings (SSSR count). The van der Waals surface area contributed by atoms with Crippen LogP contribution in [0.4, 0.5) is 0 Å². The number of hydrogen-bond donors (Lipinski definition) is 0. The lowest BCUT2D eigenvalue weighted by atomic mass is 10.3. The number of sulfonamides is 1. The zero-order valence-corrected chi connectivity index (χ0v) is 12.4. The summed E-state index contributed by atoms with van der Waals surface area (Å²) in [6, 6.07) is 5.75. The van der Waals surface area contributed by atoms with Gasteiger partial charge in [0, 0.05) is 18.1 Å². The molecule has 1 aliphatic carbocycles. The molecule has 0 saturated heterocycles. The van der Waals surface area contributed by atoms with Gasteiger partial charge in [-0.2, -0.15) is 4.31 Å². The zero-order valence-electron chi connectivity index (χ0n) is 10.8. The molecule has 0 amide bonds. The fourth-order valence-electron chi connectivity index (χ4n) is 1.96. The summed E-state index contributed by atoms with van der Waals surface area (Å²) in [4.78, 5) is 4.21. The predicted octanol–water partition coefficient (Wildman–Crippen LogP) is 2.39. The Balaban J connectivity index is 2.03. The summed E-state index contributed by atoms with van der Waals surface area (Å²) in [5.41, 5.74) is 0.801. The first-order chi connectivity index (χ1) is 9.13. The van der Waals surface area contributed by atoms with Crippen LogP contribution in [0.2, 0.25) is 0 Å². The van der Waals surface area contributed by atoms with Gasteiger partial charge in [-0.3, -0.25) is 4.98 Å². The molecule has 1 aromatic rings. The van der Waals surface area contributed by atoms with E-state index in [9.17, 15) is 8.42 Å². The molecule has 0 bridgehead atoms. The Kier molecular flexibility index (Phi) is 5.19. The van der Waals surface area contributed by atoms with Gasteiger partial charge in [0.25, 0.3) is 0 Å². The molecule has 1 aliphatic rings. The second kappa shape index (κ2) is 6.68. The molecule has 0 atom stereocenters. The number of unbranched alkanes of at least 4 members (excludes halogenated alkanes) is 1. The van der Waals surface area contributed by atoms with E-state index in [0.29, 0.717) is 18.8 Å². The fourth-order valence-corrected chi connectivity index (χ4v) is 3.95. The molecule has 0 radical (unpaired) electrons. The highest BCUT2D eigenvalue weighted by Crippen LogP contribution is 2.31. The monoisotopic (exact) mass is 302 g/mol. The minimum Gasteiger partial charge on any atom is -0.260 e. The highest BCUT2D eigenvalue weighted by Gasteiger charge is 2.36. The third-order valence-corrected chi connectivity index (χ3v) is 5.36. The molecule has 1 aromatic heterocycles. The Bertz CT molecular complexity index is 489. The normalized spacial score (nSPS) is 15.9. The van der Waals surface area contributed by atoms with Gasteiger partial charge in [-0.25, -0.2) is 8.42 Å². The van der Waals surface area contributed by atoms with Crippen LogP contribution in [0, 0.1) is 0 Å². The first-order valence-electron chi connectivity index (χ1n) is 6.59. The van der Waals surface area contributed by atoms with Crippen molar-refractivity contribution in [1.29, 1.82) is 0 Å². The quantitative estimate of drug-likeness (QED) is 0.547. The second-order valence-electron chi connectivity index (χ2n) is 4.81. The van der Waals surface area contributed by atoms with Gasteiger partial charge in [-0.1, -0.05) is 6.07 Å². The largest absolute Gasteiger partial charge is 0.260 e. The van der Waals surface area contributed by atoms with Gasteiger partial charge in [0.15, 0.2) is 0 Å². The van der Waals surface area contributed by atoms with Crippen LogP contribution < -0.4 is 0 Å². The zero-order chi connectivity index (χ0) is 13.7. The Morgan fingerprint density at radius 3 is 2.68 bits per heavy atom. The molecule has 0 unspecified atom stereocenters. The van der Waals surface area contributed by atoms with Crippen LogP contribution in [0.1, 0.15) is 31.4 Å².